The standard InChI is InChI=1S/C12H15N3O2/c16-12(15-11-2-1-5-13-9-11)14-8-10-3-6-17-7-4-10/h1-2,5,8-9H,3-4,6-7H2,(H2,14,15,16). The number of hydrogen-bond acceptors (Lipinski definition) is 3. The molecule has 90 valence electrons. The van der Waals surface area contributed by atoms with Crippen LogP contribution in [-0.4, -0.2) is 24.2 Å². The van der Waals surface area contributed by atoms with Crippen LogP contribution in [0.1, 0.15) is 12.8 Å². The van der Waals surface area contributed by atoms with E-state index in [9.17, 15) is 4.79 Å². The second-order valence-electron chi connectivity index (χ2n) is 3.76. The van der Waals surface area contributed by atoms with Gasteiger partial charge in [0.1, 0.15) is 0 Å². The van der Waals surface area contributed by atoms with Crippen molar-refractivity contribution >= 4 is 11.7 Å². The van der Waals surface area contributed by atoms with E-state index in [0.717, 1.165) is 26.1 Å². The van der Waals surface area contributed by atoms with Gasteiger partial charge in [0.2, 0.25) is 0 Å². The highest BCUT2D eigenvalue weighted by Crippen LogP contribution is 2.11. The van der Waals surface area contributed by atoms with Crippen LogP contribution in [0.25, 0.3) is 0 Å². The Labute approximate surface area is 99.9 Å². The summed E-state index contributed by atoms with van der Waals surface area (Å²) in [6, 6.07) is 3.30. The number of rotatable bonds is 2. The summed E-state index contributed by atoms with van der Waals surface area (Å²) in [5.74, 6) is 0. The van der Waals surface area contributed by atoms with Crippen molar-refractivity contribution < 1.29 is 9.53 Å². The van der Waals surface area contributed by atoms with Crippen LogP contribution in [0.15, 0.2) is 36.3 Å². The van der Waals surface area contributed by atoms with Gasteiger partial charge in [-0.15, -0.1) is 0 Å². The van der Waals surface area contributed by atoms with Crippen LogP contribution in [0.4, 0.5) is 10.5 Å². The molecule has 1 aliphatic heterocycles. The zero-order valence-corrected chi connectivity index (χ0v) is 9.48. The van der Waals surface area contributed by atoms with Crippen molar-refractivity contribution in [1.82, 2.24) is 10.3 Å². The number of anilines is 1. The van der Waals surface area contributed by atoms with Gasteiger partial charge in [-0.2, -0.15) is 0 Å². The van der Waals surface area contributed by atoms with Gasteiger partial charge in [-0.3, -0.25) is 4.98 Å². The van der Waals surface area contributed by atoms with E-state index in [4.69, 9.17) is 4.74 Å². The van der Waals surface area contributed by atoms with E-state index in [2.05, 4.69) is 15.6 Å². The van der Waals surface area contributed by atoms with E-state index < -0.39 is 0 Å². The Balaban J connectivity index is 1.81. The molecule has 0 unspecified atom stereocenters. The molecule has 5 nitrogen and oxygen atoms in total. The molecule has 2 rings (SSSR count). The summed E-state index contributed by atoms with van der Waals surface area (Å²) in [5, 5.41) is 5.40. The lowest BCUT2D eigenvalue weighted by atomic mass is 10.1. The molecule has 2 heterocycles. The van der Waals surface area contributed by atoms with E-state index >= 15 is 0 Å². The molecule has 0 bridgehead atoms. The molecule has 0 aliphatic carbocycles. The van der Waals surface area contributed by atoms with E-state index in [0.29, 0.717) is 5.69 Å². The zero-order chi connectivity index (χ0) is 11.9. The number of pyridine rings is 1. The molecule has 5 heteroatoms. The summed E-state index contributed by atoms with van der Waals surface area (Å²) in [7, 11) is 0. The minimum Gasteiger partial charge on any atom is -0.381 e. The van der Waals surface area contributed by atoms with Gasteiger partial charge >= 0.3 is 6.03 Å². The lowest BCUT2D eigenvalue weighted by Crippen LogP contribution is -2.25. The largest absolute Gasteiger partial charge is 0.381 e. The third kappa shape index (κ3) is 3.88. The normalized spacial score (nSPS) is 15.2. The molecule has 2 amide bonds. The molecule has 0 saturated carbocycles. The van der Waals surface area contributed by atoms with E-state index in [1.807, 2.05) is 0 Å². The van der Waals surface area contributed by atoms with Gasteiger partial charge in [0.05, 0.1) is 25.1 Å². The van der Waals surface area contributed by atoms with Gasteiger partial charge in [-0.05, 0) is 30.5 Å². The highest BCUT2D eigenvalue weighted by molar-refractivity contribution is 5.89. The Hall–Kier alpha value is -1.88. The summed E-state index contributed by atoms with van der Waals surface area (Å²) >= 11 is 0. The van der Waals surface area contributed by atoms with Crippen LogP contribution < -0.4 is 10.6 Å². The molecule has 1 aromatic rings. The second kappa shape index (κ2) is 6.00. The van der Waals surface area contributed by atoms with Gasteiger partial charge in [-0.25, -0.2) is 4.79 Å². The molecule has 0 aromatic carbocycles. The summed E-state index contributed by atoms with van der Waals surface area (Å²) in [5.41, 5.74) is 1.88. The summed E-state index contributed by atoms with van der Waals surface area (Å²) in [4.78, 5) is 15.4. The first-order valence-electron chi connectivity index (χ1n) is 5.58. The minimum absolute atomic E-state index is 0.253. The number of aromatic nitrogens is 1. The van der Waals surface area contributed by atoms with E-state index in [-0.39, 0.29) is 6.03 Å². The molecule has 0 atom stereocenters. The Morgan fingerprint density at radius 2 is 2.24 bits per heavy atom. The predicted molar refractivity (Wildman–Crippen MR) is 64.5 cm³/mol. The SMILES string of the molecule is O=C(NC=C1CCOCC1)Nc1cccnc1. The fraction of sp³-hybridized carbons (Fsp3) is 0.333. The van der Waals surface area contributed by atoms with Crippen molar-refractivity contribution in [3.63, 3.8) is 0 Å². The van der Waals surface area contributed by atoms with E-state index in [1.165, 1.54) is 5.57 Å². The van der Waals surface area contributed by atoms with Crippen LogP contribution in [0, 0.1) is 0 Å². The summed E-state index contributed by atoms with van der Waals surface area (Å²) < 4.78 is 5.22. The summed E-state index contributed by atoms with van der Waals surface area (Å²) in [6.07, 6.45) is 6.78. The van der Waals surface area contributed by atoms with Gasteiger partial charge in [-0.1, -0.05) is 0 Å². The predicted octanol–water partition coefficient (Wildman–Crippen LogP) is 1.90. The average Bonchev–Trinajstić information content (AvgIpc) is 2.39. The summed E-state index contributed by atoms with van der Waals surface area (Å²) in [6.45, 7) is 1.47. The highest BCUT2D eigenvalue weighted by Gasteiger charge is 2.05. The smallest absolute Gasteiger partial charge is 0.323 e. The lowest BCUT2D eigenvalue weighted by molar-refractivity contribution is 0.119. The number of nitrogens with one attached hydrogen (secondary N) is 2. The molecule has 1 saturated heterocycles. The van der Waals surface area contributed by atoms with Crippen molar-refractivity contribution in [2.45, 2.75) is 12.8 Å². The topological polar surface area (TPSA) is 63.2 Å². The third-order valence-electron chi connectivity index (χ3n) is 2.46. The number of ether oxygens (including phenoxy) is 1. The zero-order valence-electron chi connectivity index (χ0n) is 9.48. The van der Waals surface area contributed by atoms with Gasteiger partial charge in [0.25, 0.3) is 0 Å². The molecular formula is C12H15N3O2. The van der Waals surface area contributed by atoms with Crippen LogP contribution in [0.3, 0.4) is 0 Å². The maximum Gasteiger partial charge on any atom is 0.323 e. The Morgan fingerprint density at radius 1 is 1.41 bits per heavy atom. The minimum atomic E-state index is -0.253. The number of carbonyl (C=O) groups excluding carboxylic acids is 1. The molecule has 0 spiro atoms. The quantitative estimate of drug-likeness (QED) is 0.820. The van der Waals surface area contributed by atoms with Crippen molar-refractivity contribution in [1.29, 1.82) is 0 Å². The molecule has 2 N–H and O–H groups in total. The molecule has 1 aliphatic rings. The fourth-order valence-electron chi connectivity index (χ4n) is 1.55. The first kappa shape index (κ1) is 11.6. The number of amides is 2. The molecule has 17 heavy (non-hydrogen) atoms. The van der Waals surface area contributed by atoms with Gasteiger partial charge in [0.15, 0.2) is 0 Å². The van der Waals surface area contributed by atoms with Crippen molar-refractivity contribution in [3.05, 3.63) is 36.3 Å². The number of urea groups is 1. The molecule has 1 aromatic heterocycles. The monoisotopic (exact) mass is 233 g/mol. The van der Waals surface area contributed by atoms with Gasteiger partial charge in [0, 0.05) is 12.4 Å². The number of nitrogens with zero attached hydrogens (tertiary/aromatic N) is 1. The molecule has 1 fully saturated rings. The van der Waals surface area contributed by atoms with Crippen LogP contribution in [-0.2, 0) is 4.74 Å². The second-order valence-corrected chi connectivity index (χ2v) is 3.76. The van der Waals surface area contributed by atoms with Crippen molar-refractivity contribution in [2.75, 3.05) is 18.5 Å². The third-order valence-corrected chi connectivity index (χ3v) is 2.46. The van der Waals surface area contributed by atoms with E-state index in [1.54, 1.807) is 30.7 Å². The van der Waals surface area contributed by atoms with Crippen LogP contribution in [0.5, 0.6) is 0 Å². The average molecular weight is 233 g/mol. The molecule has 0 radical (unpaired) electrons. The van der Waals surface area contributed by atoms with Crippen LogP contribution >= 0.6 is 0 Å². The van der Waals surface area contributed by atoms with Gasteiger partial charge < -0.3 is 15.4 Å². The first-order valence-corrected chi connectivity index (χ1v) is 5.58. The Bertz CT molecular complexity index is 395. The first-order chi connectivity index (χ1) is 8.34. The number of carbonyl (C=O) groups is 1. The maximum atomic E-state index is 11.5. The fourth-order valence-corrected chi connectivity index (χ4v) is 1.55. The number of hydrogen-bond donors (Lipinski definition) is 2. The van der Waals surface area contributed by atoms with Crippen molar-refractivity contribution in [2.24, 2.45) is 0 Å². The van der Waals surface area contributed by atoms with Crippen molar-refractivity contribution in [3.8, 4) is 0 Å². The highest BCUT2D eigenvalue weighted by atomic mass is 16.5. The molecular weight excluding hydrogens is 218 g/mol. The maximum absolute atomic E-state index is 11.5. The lowest BCUT2D eigenvalue weighted by Gasteiger charge is -2.14. The Morgan fingerprint density at radius 3 is 2.94 bits per heavy atom. The van der Waals surface area contributed by atoms with Crippen LogP contribution in [0.2, 0.25) is 0 Å². The Kier molecular flexibility index (Phi) is 4.10.